The van der Waals surface area contributed by atoms with E-state index in [1.54, 1.807) is 0 Å². The van der Waals surface area contributed by atoms with E-state index >= 15 is 0 Å². The molecule has 0 amide bonds. The second-order valence-corrected chi connectivity index (χ2v) is 6.92. The lowest BCUT2D eigenvalue weighted by Crippen LogP contribution is -2.42. The third-order valence-electron chi connectivity index (χ3n) is 4.68. The summed E-state index contributed by atoms with van der Waals surface area (Å²) in [5.41, 5.74) is 0. The highest BCUT2D eigenvalue weighted by molar-refractivity contribution is 4.91. The summed E-state index contributed by atoms with van der Waals surface area (Å²) in [6.45, 7) is 11.0. The average Bonchev–Trinajstić information content (AvgIpc) is 3.14. The molecule has 2 nitrogen and oxygen atoms in total. The molecule has 0 spiro atoms. The van der Waals surface area contributed by atoms with Gasteiger partial charge in [0.15, 0.2) is 0 Å². The van der Waals surface area contributed by atoms with Crippen LogP contribution in [0, 0.1) is 11.8 Å². The van der Waals surface area contributed by atoms with Crippen molar-refractivity contribution in [1.82, 2.24) is 10.2 Å². The van der Waals surface area contributed by atoms with Crippen LogP contribution < -0.4 is 5.32 Å². The molecule has 2 fully saturated rings. The van der Waals surface area contributed by atoms with E-state index in [1.165, 1.54) is 58.2 Å². The van der Waals surface area contributed by atoms with Gasteiger partial charge in [0.25, 0.3) is 0 Å². The van der Waals surface area contributed by atoms with Crippen LogP contribution in [0.3, 0.4) is 0 Å². The van der Waals surface area contributed by atoms with Gasteiger partial charge in [0.05, 0.1) is 0 Å². The van der Waals surface area contributed by atoms with Gasteiger partial charge in [-0.05, 0) is 57.5 Å². The van der Waals surface area contributed by atoms with Crippen LogP contribution in [0.1, 0.15) is 59.3 Å². The molecule has 1 aliphatic heterocycles. The van der Waals surface area contributed by atoms with Crippen LogP contribution in [0.4, 0.5) is 0 Å². The van der Waals surface area contributed by atoms with E-state index in [1.807, 2.05) is 0 Å². The van der Waals surface area contributed by atoms with Gasteiger partial charge in [0, 0.05) is 18.6 Å². The molecule has 0 aromatic carbocycles. The Morgan fingerprint density at radius 1 is 1.17 bits per heavy atom. The van der Waals surface area contributed by atoms with Crippen LogP contribution in [0.2, 0.25) is 0 Å². The topological polar surface area (TPSA) is 15.3 Å². The Morgan fingerprint density at radius 2 is 1.94 bits per heavy atom. The van der Waals surface area contributed by atoms with Crippen LogP contribution in [-0.2, 0) is 0 Å². The maximum Gasteiger partial charge on any atom is 0.0223 e. The van der Waals surface area contributed by atoms with Gasteiger partial charge in [-0.25, -0.2) is 0 Å². The predicted molar refractivity (Wildman–Crippen MR) is 78.9 cm³/mol. The fraction of sp³-hybridized carbons (Fsp3) is 1.00. The summed E-state index contributed by atoms with van der Waals surface area (Å²) < 4.78 is 0. The molecule has 0 aromatic heterocycles. The Balaban J connectivity index is 1.74. The van der Waals surface area contributed by atoms with E-state index in [-0.39, 0.29) is 0 Å². The lowest BCUT2D eigenvalue weighted by atomic mass is 10.0. The molecule has 106 valence electrons. The lowest BCUT2D eigenvalue weighted by Gasteiger charge is -2.30. The minimum absolute atomic E-state index is 0.782. The fourth-order valence-electron chi connectivity index (χ4n) is 3.20. The van der Waals surface area contributed by atoms with E-state index in [4.69, 9.17) is 0 Å². The van der Waals surface area contributed by atoms with Crippen molar-refractivity contribution in [2.24, 2.45) is 11.8 Å². The molecule has 1 N–H and O–H groups in total. The molecule has 2 atom stereocenters. The van der Waals surface area contributed by atoms with Crippen molar-refractivity contribution >= 4 is 0 Å². The minimum Gasteiger partial charge on any atom is -0.312 e. The summed E-state index contributed by atoms with van der Waals surface area (Å²) >= 11 is 0. The molecular formula is C16H32N2. The minimum atomic E-state index is 0.782. The number of nitrogens with one attached hydrogen (secondary N) is 1. The quantitative estimate of drug-likeness (QED) is 0.780. The summed E-state index contributed by atoms with van der Waals surface area (Å²) in [4.78, 5) is 2.75. The second-order valence-electron chi connectivity index (χ2n) is 6.92. The lowest BCUT2D eigenvalue weighted by molar-refractivity contribution is 0.186. The highest BCUT2D eigenvalue weighted by Gasteiger charge is 2.33. The van der Waals surface area contributed by atoms with Crippen molar-refractivity contribution in [1.29, 1.82) is 0 Å². The van der Waals surface area contributed by atoms with E-state index in [0.29, 0.717) is 0 Å². The van der Waals surface area contributed by atoms with Gasteiger partial charge in [-0.15, -0.1) is 0 Å². The number of hydrogen-bond acceptors (Lipinski definition) is 2. The molecule has 0 bridgehead atoms. The maximum absolute atomic E-state index is 3.76. The standard InChI is InChI=1S/C16H32N2/c1-13(2)6-4-7-14(3)18-11-5-10-17-16(12-18)15-8-9-15/h13-17H,4-12H2,1-3H3. The average molecular weight is 252 g/mol. The Bertz CT molecular complexity index is 235. The van der Waals surface area contributed by atoms with Gasteiger partial charge < -0.3 is 5.32 Å². The van der Waals surface area contributed by atoms with E-state index in [9.17, 15) is 0 Å². The number of nitrogens with zero attached hydrogens (tertiary/aromatic N) is 1. The zero-order valence-electron chi connectivity index (χ0n) is 12.6. The molecular weight excluding hydrogens is 220 g/mol. The Morgan fingerprint density at radius 3 is 2.61 bits per heavy atom. The van der Waals surface area contributed by atoms with Crippen molar-refractivity contribution in [2.45, 2.75) is 71.4 Å². The molecule has 2 rings (SSSR count). The summed E-state index contributed by atoms with van der Waals surface area (Å²) in [7, 11) is 0. The first kappa shape index (κ1) is 14.3. The third-order valence-corrected chi connectivity index (χ3v) is 4.68. The van der Waals surface area contributed by atoms with Crippen LogP contribution >= 0.6 is 0 Å². The monoisotopic (exact) mass is 252 g/mol. The third kappa shape index (κ3) is 4.55. The van der Waals surface area contributed by atoms with Gasteiger partial charge in [0.1, 0.15) is 0 Å². The predicted octanol–water partition coefficient (Wildman–Crippen LogP) is 3.28. The molecule has 1 aliphatic carbocycles. The summed E-state index contributed by atoms with van der Waals surface area (Å²) in [6, 6.07) is 1.57. The van der Waals surface area contributed by atoms with Crippen molar-refractivity contribution in [3.05, 3.63) is 0 Å². The zero-order chi connectivity index (χ0) is 13.0. The summed E-state index contributed by atoms with van der Waals surface area (Å²) in [5, 5.41) is 3.76. The smallest absolute Gasteiger partial charge is 0.0223 e. The van der Waals surface area contributed by atoms with E-state index in [2.05, 4.69) is 31.0 Å². The first-order valence-corrected chi connectivity index (χ1v) is 8.14. The Kier molecular flexibility index (Phi) is 5.50. The van der Waals surface area contributed by atoms with Crippen molar-refractivity contribution in [3.63, 3.8) is 0 Å². The largest absolute Gasteiger partial charge is 0.312 e. The van der Waals surface area contributed by atoms with Gasteiger partial charge in [-0.1, -0.05) is 26.7 Å². The van der Waals surface area contributed by atoms with Crippen LogP contribution in [0.25, 0.3) is 0 Å². The molecule has 18 heavy (non-hydrogen) atoms. The Hall–Kier alpha value is -0.0800. The first-order chi connectivity index (χ1) is 8.66. The van der Waals surface area contributed by atoms with Crippen molar-refractivity contribution < 1.29 is 0 Å². The SMILES string of the molecule is CC(C)CCCC(C)N1CCCNC(C2CC2)C1. The van der Waals surface area contributed by atoms with Gasteiger partial charge in [-0.3, -0.25) is 4.90 Å². The second kappa shape index (κ2) is 6.91. The first-order valence-electron chi connectivity index (χ1n) is 8.14. The van der Waals surface area contributed by atoms with Gasteiger partial charge in [-0.2, -0.15) is 0 Å². The summed E-state index contributed by atoms with van der Waals surface area (Å²) in [5.74, 6) is 1.86. The maximum atomic E-state index is 3.76. The highest BCUT2D eigenvalue weighted by Crippen LogP contribution is 2.33. The molecule has 1 saturated heterocycles. The van der Waals surface area contributed by atoms with Crippen molar-refractivity contribution in [3.8, 4) is 0 Å². The molecule has 2 unspecified atom stereocenters. The Labute approximate surface area is 114 Å². The molecule has 2 aliphatic rings. The molecule has 1 saturated carbocycles. The highest BCUT2D eigenvalue weighted by atomic mass is 15.2. The normalized spacial score (nSPS) is 28.3. The van der Waals surface area contributed by atoms with Crippen LogP contribution in [0.15, 0.2) is 0 Å². The van der Waals surface area contributed by atoms with Gasteiger partial charge >= 0.3 is 0 Å². The van der Waals surface area contributed by atoms with E-state index < -0.39 is 0 Å². The fourth-order valence-corrected chi connectivity index (χ4v) is 3.20. The summed E-state index contributed by atoms with van der Waals surface area (Å²) in [6.07, 6.45) is 8.44. The molecule has 2 heteroatoms. The number of hydrogen-bond donors (Lipinski definition) is 1. The molecule has 1 heterocycles. The van der Waals surface area contributed by atoms with Crippen LogP contribution in [0.5, 0.6) is 0 Å². The van der Waals surface area contributed by atoms with E-state index in [0.717, 1.165) is 23.9 Å². The molecule has 0 aromatic rings. The number of rotatable bonds is 6. The zero-order valence-corrected chi connectivity index (χ0v) is 12.6. The molecule has 0 radical (unpaired) electrons. The van der Waals surface area contributed by atoms with Gasteiger partial charge in [0.2, 0.25) is 0 Å². The van der Waals surface area contributed by atoms with Crippen molar-refractivity contribution in [2.75, 3.05) is 19.6 Å². The van der Waals surface area contributed by atoms with Crippen LogP contribution in [-0.4, -0.2) is 36.6 Å².